The van der Waals surface area contributed by atoms with Crippen LogP contribution in [0.3, 0.4) is 0 Å². The van der Waals surface area contributed by atoms with Crippen molar-refractivity contribution in [2.45, 2.75) is 9.97 Å². The maximum absolute atomic E-state index is 10.7. The molecular formula is C9H10INO3. The molecule has 0 bridgehead atoms. The average Bonchev–Trinajstić information content (AvgIpc) is 2.08. The molecule has 1 aromatic carbocycles. The minimum atomic E-state index is -1.30. The Morgan fingerprint density at radius 1 is 1.43 bits per heavy atom. The standard InChI is InChI=1S/C9H10INO3/c10-9(11,8(13)14)5-6-1-3-7(12)4-2-6/h1-4,12H,5,11H2,(H,13,14)/t9-/m0/s1. The first-order valence-corrected chi connectivity index (χ1v) is 4.99. The van der Waals surface area contributed by atoms with Gasteiger partial charge in [0, 0.05) is 6.42 Å². The molecule has 0 saturated heterocycles. The molecule has 14 heavy (non-hydrogen) atoms. The number of alkyl halides is 1. The lowest BCUT2D eigenvalue weighted by Crippen LogP contribution is -2.43. The van der Waals surface area contributed by atoms with Gasteiger partial charge in [0.15, 0.2) is 3.55 Å². The molecule has 0 aliphatic rings. The summed E-state index contributed by atoms with van der Waals surface area (Å²) in [5.41, 5.74) is 6.33. The van der Waals surface area contributed by atoms with Crippen LogP contribution in [-0.2, 0) is 11.2 Å². The number of phenols is 1. The van der Waals surface area contributed by atoms with Crippen LogP contribution in [0.2, 0.25) is 0 Å². The number of benzene rings is 1. The molecule has 0 spiro atoms. The number of hydrogen-bond acceptors (Lipinski definition) is 3. The van der Waals surface area contributed by atoms with E-state index in [1.54, 1.807) is 34.7 Å². The second-order valence-corrected chi connectivity index (χ2v) is 4.94. The molecule has 0 radical (unpaired) electrons. The molecule has 0 aliphatic carbocycles. The number of hydrogen-bond donors (Lipinski definition) is 3. The maximum Gasteiger partial charge on any atom is 0.334 e. The lowest BCUT2D eigenvalue weighted by Gasteiger charge is -2.16. The molecular weight excluding hydrogens is 297 g/mol. The van der Waals surface area contributed by atoms with Gasteiger partial charge in [-0.3, -0.25) is 0 Å². The van der Waals surface area contributed by atoms with E-state index < -0.39 is 9.51 Å². The highest BCUT2D eigenvalue weighted by molar-refractivity contribution is 14.1. The van der Waals surface area contributed by atoms with Gasteiger partial charge >= 0.3 is 5.97 Å². The molecule has 0 aliphatic heterocycles. The number of carbonyl (C=O) groups is 1. The monoisotopic (exact) mass is 307 g/mol. The number of aromatic hydroxyl groups is 1. The Bertz CT molecular complexity index is 334. The predicted molar refractivity (Wildman–Crippen MR) is 60.4 cm³/mol. The van der Waals surface area contributed by atoms with Gasteiger partial charge in [0.25, 0.3) is 0 Å². The summed E-state index contributed by atoms with van der Waals surface area (Å²) in [6.45, 7) is 0. The summed E-state index contributed by atoms with van der Waals surface area (Å²) in [4.78, 5) is 10.7. The largest absolute Gasteiger partial charge is 0.508 e. The zero-order valence-corrected chi connectivity index (χ0v) is 9.43. The lowest BCUT2D eigenvalue weighted by molar-refractivity contribution is -0.139. The number of phenolic OH excluding ortho intramolecular Hbond substituents is 1. The van der Waals surface area contributed by atoms with Crippen LogP contribution >= 0.6 is 22.6 Å². The van der Waals surface area contributed by atoms with Crippen LogP contribution in [-0.4, -0.2) is 19.7 Å². The molecule has 5 heteroatoms. The van der Waals surface area contributed by atoms with Crippen molar-refractivity contribution in [1.82, 2.24) is 0 Å². The number of carboxylic acid groups (broad SMARTS) is 1. The third kappa shape index (κ3) is 2.85. The van der Waals surface area contributed by atoms with E-state index in [-0.39, 0.29) is 12.2 Å². The van der Waals surface area contributed by atoms with Crippen molar-refractivity contribution in [1.29, 1.82) is 0 Å². The Morgan fingerprint density at radius 3 is 2.36 bits per heavy atom. The molecule has 1 rings (SSSR count). The highest BCUT2D eigenvalue weighted by Gasteiger charge is 2.30. The molecule has 4 nitrogen and oxygen atoms in total. The van der Waals surface area contributed by atoms with Crippen LogP contribution in [0.25, 0.3) is 0 Å². The van der Waals surface area contributed by atoms with Gasteiger partial charge in [-0.1, -0.05) is 12.1 Å². The highest BCUT2D eigenvalue weighted by atomic mass is 127. The Kier molecular flexibility index (Phi) is 3.33. The topological polar surface area (TPSA) is 83.5 Å². The van der Waals surface area contributed by atoms with Crippen LogP contribution < -0.4 is 5.73 Å². The third-order valence-corrected chi connectivity index (χ3v) is 2.60. The van der Waals surface area contributed by atoms with E-state index >= 15 is 0 Å². The molecule has 0 saturated carbocycles. The summed E-state index contributed by atoms with van der Waals surface area (Å²) in [6, 6.07) is 6.31. The third-order valence-electron chi connectivity index (χ3n) is 1.75. The first kappa shape index (κ1) is 11.3. The lowest BCUT2D eigenvalue weighted by atomic mass is 10.1. The van der Waals surface area contributed by atoms with E-state index in [9.17, 15) is 4.79 Å². The van der Waals surface area contributed by atoms with Crippen LogP contribution in [0.5, 0.6) is 5.75 Å². The summed E-state index contributed by atoms with van der Waals surface area (Å²) >= 11 is 1.69. The molecule has 1 atom stereocenters. The van der Waals surface area contributed by atoms with Crippen LogP contribution in [0, 0.1) is 0 Å². The first-order chi connectivity index (χ1) is 6.42. The van der Waals surface area contributed by atoms with E-state index in [1.807, 2.05) is 0 Å². The molecule has 4 N–H and O–H groups in total. The van der Waals surface area contributed by atoms with Gasteiger partial charge in [0.2, 0.25) is 0 Å². The molecule has 76 valence electrons. The van der Waals surface area contributed by atoms with Gasteiger partial charge in [0.05, 0.1) is 0 Å². The molecule has 0 aromatic heterocycles. The van der Waals surface area contributed by atoms with Crippen LogP contribution in [0.15, 0.2) is 24.3 Å². The van der Waals surface area contributed by atoms with E-state index in [1.165, 1.54) is 12.1 Å². The van der Waals surface area contributed by atoms with Gasteiger partial charge < -0.3 is 15.9 Å². The van der Waals surface area contributed by atoms with Crippen molar-refractivity contribution < 1.29 is 15.0 Å². The van der Waals surface area contributed by atoms with Crippen molar-refractivity contribution >= 4 is 28.6 Å². The van der Waals surface area contributed by atoms with Crippen molar-refractivity contribution in [3.63, 3.8) is 0 Å². The van der Waals surface area contributed by atoms with Crippen LogP contribution in [0.1, 0.15) is 5.56 Å². The second-order valence-electron chi connectivity index (χ2n) is 3.01. The quantitative estimate of drug-likeness (QED) is 0.444. The summed E-state index contributed by atoms with van der Waals surface area (Å²) < 4.78 is -1.30. The number of rotatable bonds is 3. The van der Waals surface area contributed by atoms with Gasteiger partial charge in [-0.15, -0.1) is 0 Å². The summed E-state index contributed by atoms with van der Waals surface area (Å²) in [6.07, 6.45) is 0.225. The maximum atomic E-state index is 10.7. The Labute approximate surface area is 94.9 Å². The normalized spacial score (nSPS) is 14.7. The SMILES string of the molecule is N[C@@](I)(Cc1ccc(O)cc1)C(=O)O. The average molecular weight is 307 g/mol. The van der Waals surface area contributed by atoms with E-state index in [0.717, 1.165) is 5.56 Å². The van der Waals surface area contributed by atoms with Gasteiger partial charge in [-0.05, 0) is 40.3 Å². The van der Waals surface area contributed by atoms with Crippen molar-refractivity contribution in [2.24, 2.45) is 5.73 Å². The molecule has 0 unspecified atom stereocenters. The smallest absolute Gasteiger partial charge is 0.334 e. The van der Waals surface area contributed by atoms with E-state index in [4.69, 9.17) is 15.9 Å². The fourth-order valence-corrected chi connectivity index (χ4v) is 1.43. The van der Waals surface area contributed by atoms with Crippen molar-refractivity contribution in [3.8, 4) is 5.75 Å². The highest BCUT2D eigenvalue weighted by Crippen LogP contribution is 2.20. The fraction of sp³-hybridized carbons (Fsp3) is 0.222. The zero-order valence-electron chi connectivity index (χ0n) is 7.27. The van der Waals surface area contributed by atoms with E-state index in [2.05, 4.69) is 0 Å². The summed E-state index contributed by atoms with van der Waals surface area (Å²) in [7, 11) is 0. The minimum absolute atomic E-state index is 0.153. The summed E-state index contributed by atoms with van der Waals surface area (Å²) in [5, 5.41) is 17.8. The first-order valence-electron chi connectivity index (χ1n) is 3.91. The molecule has 0 heterocycles. The number of aliphatic carboxylic acids is 1. The summed E-state index contributed by atoms with van der Waals surface area (Å²) in [5.74, 6) is -0.897. The van der Waals surface area contributed by atoms with Gasteiger partial charge in [0.1, 0.15) is 5.75 Å². The Balaban J connectivity index is 2.79. The number of carboxylic acids is 1. The van der Waals surface area contributed by atoms with Crippen molar-refractivity contribution in [3.05, 3.63) is 29.8 Å². The van der Waals surface area contributed by atoms with E-state index in [0.29, 0.717) is 0 Å². The minimum Gasteiger partial charge on any atom is -0.508 e. The molecule has 1 aromatic rings. The Morgan fingerprint density at radius 2 is 1.93 bits per heavy atom. The number of nitrogens with two attached hydrogens (primary N) is 1. The predicted octanol–water partition coefficient (Wildman–Crippen LogP) is 1.11. The fourth-order valence-electron chi connectivity index (χ4n) is 0.986. The van der Waals surface area contributed by atoms with Gasteiger partial charge in [-0.25, -0.2) is 4.79 Å². The van der Waals surface area contributed by atoms with Crippen LogP contribution in [0.4, 0.5) is 0 Å². The molecule has 0 amide bonds. The van der Waals surface area contributed by atoms with Gasteiger partial charge in [-0.2, -0.15) is 0 Å². The second kappa shape index (κ2) is 4.14. The zero-order chi connectivity index (χ0) is 10.8. The Hall–Kier alpha value is -0.820. The molecule has 0 fully saturated rings. The number of halogens is 1. The van der Waals surface area contributed by atoms with Crippen molar-refractivity contribution in [2.75, 3.05) is 0 Å².